The average Bonchev–Trinajstić information content (AvgIpc) is 2.53. The van der Waals surface area contributed by atoms with E-state index in [4.69, 9.17) is 0 Å². The minimum atomic E-state index is -3.43. The van der Waals surface area contributed by atoms with Crippen molar-refractivity contribution in [3.05, 3.63) is 29.8 Å². The van der Waals surface area contributed by atoms with Crippen LogP contribution in [-0.4, -0.2) is 63.5 Å². The molecule has 2 bridgehead atoms. The van der Waals surface area contributed by atoms with Gasteiger partial charge in [0.1, 0.15) is 0 Å². The van der Waals surface area contributed by atoms with E-state index in [-0.39, 0.29) is 5.41 Å². The molecule has 3 fully saturated rings. The van der Waals surface area contributed by atoms with Gasteiger partial charge in [0.25, 0.3) is 0 Å². The molecular weight excluding hydrogens is 310 g/mol. The summed E-state index contributed by atoms with van der Waals surface area (Å²) < 4.78 is 27.8. The molecule has 1 unspecified atom stereocenters. The largest absolute Gasteiger partial charge is 0.299 e. The lowest BCUT2D eigenvalue weighted by Gasteiger charge is -2.47. The van der Waals surface area contributed by atoms with Crippen LogP contribution in [0.1, 0.15) is 26.3 Å². The number of piperazine rings is 3. The van der Waals surface area contributed by atoms with E-state index in [1.807, 2.05) is 12.1 Å². The second-order valence-electron chi connectivity index (χ2n) is 7.62. The Morgan fingerprint density at radius 2 is 1.70 bits per heavy atom. The zero-order valence-corrected chi connectivity index (χ0v) is 15.1. The maximum Gasteiger partial charge on any atom is 0.240 e. The molecule has 1 aromatic carbocycles. The van der Waals surface area contributed by atoms with E-state index < -0.39 is 10.0 Å². The van der Waals surface area contributed by atoms with Gasteiger partial charge in [-0.3, -0.25) is 9.80 Å². The molecule has 1 atom stereocenters. The Hall–Kier alpha value is -0.950. The highest BCUT2D eigenvalue weighted by molar-refractivity contribution is 7.89. The summed E-state index contributed by atoms with van der Waals surface area (Å²) in [6, 6.07) is 7.53. The smallest absolute Gasteiger partial charge is 0.240 e. The van der Waals surface area contributed by atoms with Crippen molar-refractivity contribution in [2.45, 2.75) is 37.1 Å². The van der Waals surface area contributed by atoms with Crippen molar-refractivity contribution < 1.29 is 8.42 Å². The summed E-state index contributed by atoms with van der Waals surface area (Å²) in [4.78, 5) is 5.16. The van der Waals surface area contributed by atoms with Crippen LogP contribution in [0.15, 0.2) is 29.2 Å². The molecule has 6 heteroatoms. The number of hydrogen-bond acceptors (Lipinski definition) is 4. The van der Waals surface area contributed by atoms with Crippen molar-refractivity contribution in [1.29, 1.82) is 0 Å². The summed E-state index contributed by atoms with van der Waals surface area (Å²) in [6.07, 6.45) is 0. The number of fused-ring (bicyclic) bond motifs is 3. The standard InChI is InChI=1S/C17H27N3O2S/c1-17(2,3)14-4-6-16(7-5-14)23(21,22)18-12-15-13-19-8-10-20(15)11-9-19/h4-7,15,18H,8-13H2,1-3H3. The Kier molecular flexibility index (Phi) is 4.53. The van der Waals surface area contributed by atoms with Crippen LogP contribution in [0.3, 0.4) is 0 Å². The third-order valence-electron chi connectivity index (χ3n) is 4.93. The Bertz CT molecular complexity index is 641. The maximum absolute atomic E-state index is 12.5. The van der Waals surface area contributed by atoms with Gasteiger partial charge in [0.05, 0.1) is 4.90 Å². The predicted octanol–water partition coefficient (Wildman–Crippen LogP) is 1.26. The fourth-order valence-corrected chi connectivity index (χ4v) is 4.41. The van der Waals surface area contributed by atoms with Crippen molar-refractivity contribution in [2.24, 2.45) is 0 Å². The quantitative estimate of drug-likeness (QED) is 0.899. The van der Waals surface area contributed by atoms with Crippen LogP contribution < -0.4 is 4.72 Å². The van der Waals surface area contributed by atoms with Crippen LogP contribution in [0.25, 0.3) is 0 Å². The van der Waals surface area contributed by atoms with Gasteiger partial charge in [0.2, 0.25) is 10.0 Å². The Morgan fingerprint density at radius 1 is 1.09 bits per heavy atom. The third-order valence-corrected chi connectivity index (χ3v) is 6.37. The summed E-state index contributed by atoms with van der Waals surface area (Å²) in [6.45, 7) is 12.1. The minimum absolute atomic E-state index is 0.0266. The number of hydrogen-bond donors (Lipinski definition) is 1. The van der Waals surface area contributed by atoms with E-state index in [1.165, 1.54) is 0 Å². The van der Waals surface area contributed by atoms with Crippen LogP contribution >= 0.6 is 0 Å². The Labute approximate surface area is 139 Å². The normalized spacial score (nSPS) is 28.0. The van der Waals surface area contributed by atoms with Crippen LogP contribution in [0.2, 0.25) is 0 Å². The van der Waals surface area contributed by atoms with Crippen LogP contribution in [0.5, 0.6) is 0 Å². The monoisotopic (exact) mass is 337 g/mol. The highest BCUT2D eigenvalue weighted by Crippen LogP contribution is 2.23. The molecule has 1 N–H and O–H groups in total. The molecule has 3 heterocycles. The van der Waals surface area contributed by atoms with Gasteiger partial charge in [0.15, 0.2) is 0 Å². The molecule has 0 amide bonds. The van der Waals surface area contributed by atoms with Gasteiger partial charge in [-0.25, -0.2) is 13.1 Å². The van der Waals surface area contributed by atoms with E-state index in [0.29, 0.717) is 17.5 Å². The fraction of sp³-hybridized carbons (Fsp3) is 0.647. The first-order valence-electron chi connectivity index (χ1n) is 8.32. The van der Waals surface area contributed by atoms with Gasteiger partial charge >= 0.3 is 0 Å². The van der Waals surface area contributed by atoms with Gasteiger partial charge in [-0.2, -0.15) is 0 Å². The first-order valence-corrected chi connectivity index (χ1v) is 9.81. The minimum Gasteiger partial charge on any atom is -0.299 e. The van der Waals surface area contributed by atoms with E-state index in [0.717, 1.165) is 38.3 Å². The number of sulfonamides is 1. The van der Waals surface area contributed by atoms with Crippen LogP contribution in [0, 0.1) is 0 Å². The summed E-state index contributed by atoms with van der Waals surface area (Å²) in [5, 5.41) is 0. The Morgan fingerprint density at radius 3 is 2.17 bits per heavy atom. The van der Waals surface area contributed by atoms with Crippen LogP contribution in [0.4, 0.5) is 0 Å². The molecule has 3 aliphatic heterocycles. The van der Waals surface area contributed by atoms with Crippen molar-refractivity contribution >= 4 is 10.0 Å². The molecule has 0 saturated carbocycles. The summed E-state index contributed by atoms with van der Waals surface area (Å²) in [5.41, 5.74) is 1.17. The van der Waals surface area contributed by atoms with Crippen molar-refractivity contribution in [3.63, 3.8) is 0 Å². The van der Waals surface area contributed by atoms with Crippen molar-refractivity contribution in [3.8, 4) is 0 Å². The van der Waals surface area contributed by atoms with E-state index in [9.17, 15) is 8.42 Å². The van der Waals surface area contributed by atoms with Gasteiger partial charge in [-0.1, -0.05) is 32.9 Å². The molecule has 0 radical (unpaired) electrons. The molecule has 0 spiro atoms. The van der Waals surface area contributed by atoms with E-state index in [1.54, 1.807) is 12.1 Å². The number of benzene rings is 1. The van der Waals surface area contributed by atoms with Crippen LogP contribution in [-0.2, 0) is 15.4 Å². The number of nitrogens with zero attached hydrogens (tertiary/aromatic N) is 2. The number of rotatable bonds is 4. The second-order valence-corrected chi connectivity index (χ2v) is 9.38. The number of nitrogens with one attached hydrogen (secondary N) is 1. The molecule has 4 rings (SSSR count). The fourth-order valence-electron chi connectivity index (χ4n) is 3.34. The van der Waals surface area contributed by atoms with Gasteiger partial charge in [0, 0.05) is 45.3 Å². The molecule has 1 aromatic rings. The molecule has 128 valence electrons. The second kappa shape index (κ2) is 6.16. The zero-order valence-electron chi connectivity index (χ0n) is 14.2. The highest BCUT2D eigenvalue weighted by Gasteiger charge is 2.32. The lowest BCUT2D eigenvalue weighted by atomic mass is 9.87. The molecular formula is C17H27N3O2S. The van der Waals surface area contributed by atoms with Crippen molar-refractivity contribution in [2.75, 3.05) is 39.3 Å². The third kappa shape index (κ3) is 3.76. The van der Waals surface area contributed by atoms with E-state index in [2.05, 4.69) is 35.3 Å². The molecule has 5 nitrogen and oxygen atoms in total. The SMILES string of the molecule is CC(C)(C)c1ccc(S(=O)(=O)NCC2CN3CCN2CC3)cc1. The van der Waals surface area contributed by atoms with Crippen molar-refractivity contribution in [1.82, 2.24) is 14.5 Å². The molecule has 0 aromatic heterocycles. The zero-order chi connectivity index (χ0) is 16.7. The first kappa shape index (κ1) is 16.9. The van der Waals surface area contributed by atoms with Gasteiger partial charge < -0.3 is 0 Å². The summed E-state index contributed by atoms with van der Waals surface area (Å²) in [7, 11) is -3.43. The molecule has 0 aliphatic carbocycles. The molecule has 3 saturated heterocycles. The lowest BCUT2D eigenvalue weighted by Crippen LogP contribution is -2.63. The highest BCUT2D eigenvalue weighted by atomic mass is 32.2. The lowest BCUT2D eigenvalue weighted by molar-refractivity contribution is 0.0158. The van der Waals surface area contributed by atoms with Gasteiger partial charge in [-0.15, -0.1) is 0 Å². The van der Waals surface area contributed by atoms with Gasteiger partial charge in [-0.05, 0) is 23.1 Å². The topological polar surface area (TPSA) is 52.7 Å². The molecule has 23 heavy (non-hydrogen) atoms. The maximum atomic E-state index is 12.5. The summed E-state index contributed by atoms with van der Waals surface area (Å²) in [5.74, 6) is 0. The average molecular weight is 337 g/mol. The first-order chi connectivity index (χ1) is 10.8. The Balaban J connectivity index is 1.65. The van der Waals surface area contributed by atoms with E-state index >= 15 is 0 Å². The molecule has 3 aliphatic rings. The predicted molar refractivity (Wildman–Crippen MR) is 92.1 cm³/mol. The summed E-state index contributed by atoms with van der Waals surface area (Å²) >= 11 is 0.